The number of amides is 11. The predicted molar refractivity (Wildman–Crippen MR) is 268 cm³/mol. The Labute approximate surface area is 435 Å². The molecule has 1 fully saturated rings. The standard InChI is InChI=1S/C45H83N15O15/c1-5-6-7-8-9-10-32(65)52-31(22-61)42(72)60-36(25(4)64)45(75)57-28(13-18-48)39(69)55-30-15-20-50-43(73)34(23(2)62)59-41(71)29(14-19-49)54-38(68)27(12-17-47)56-44(74)35(24(3)63)58-33(66)21-51-37(67)26(11-16-46)53-40(30)70/h23-31,34-36,61-64H,5-22,46-49H2,1-4H3,(H,50,73)(H,51,67)(H,52,65)(H,53,70)(H,54,68)(H,55,69)(H,56,74)(H,57,75)(H,58,66)(H,59,71)(H,60,72)/t23-,24-,25-,26+,27+,28+,29+,30+,31+,34+,35+,36+/m1/s1. The van der Waals surface area contributed by atoms with E-state index >= 15 is 0 Å². The van der Waals surface area contributed by atoms with E-state index in [1.165, 1.54) is 0 Å². The van der Waals surface area contributed by atoms with Gasteiger partial charge in [-0.3, -0.25) is 52.7 Å². The third-order valence-electron chi connectivity index (χ3n) is 11.7. The monoisotopic (exact) mass is 1070 g/mol. The van der Waals surface area contributed by atoms with Crippen LogP contribution in [-0.4, -0.2) is 204 Å². The van der Waals surface area contributed by atoms with Crippen molar-refractivity contribution >= 4 is 65.0 Å². The zero-order valence-corrected chi connectivity index (χ0v) is 43.2. The van der Waals surface area contributed by atoms with Crippen LogP contribution in [0.3, 0.4) is 0 Å². The Morgan fingerprint density at radius 2 is 1.12 bits per heavy atom. The minimum atomic E-state index is -1.77. The fourth-order valence-corrected chi connectivity index (χ4v) is 7.39. The number of hydrogen-bond donors (Lipinski definition) is 19. The number of aliphatic hydroxyl groups excluding tert-OH is 4. The van der Waals surface area contributed by atoms with Gasteiger partial charge in [-0.1, -0.05) is 32.6 Å². The summed E-state index contributed by atoms with van der Waals surface area (Å²) in [5.41, 5.74) is 23.0. The first-order chi connectivity index (χ1) is 35.5. The molecule has 0 aliphatic carbocycles. The van der Waals surface area contributed by atoms with Crippen molar-refractivity contribution in [2.75, 3.05) is 45.9 Å². The summed E-state index contributed by atoms with van der Waals surface area (Å²) in [4.78, 5) is 148. The molecule has 75 heavy (non-hydrogen) atoms. The van der Waals surface area contributed by atoms with E-state index in [0.717, 1.165) is 46.5 Å². The molecule has 1 heterocycles. The number of aliphatic hydroxyl groups is 4. The summed E-state index contributed by atoms with van der Waals surface area (Å²) < 4.78 is 0. The van der Waals surface area contributed by atoms with Crippen LogP contribution in [0.15, 0.2) is 0 Å². The number of carbonyl (C=O) groups is 11. The molecular formula is C45H83N15O15. The van der Waals surface area contributed by atoms with Gasteiger partial charge in [0.25, 0.3) is 0 Å². The molecule has 0 radical (unpaired) electrons. The van der Waals surface area contributed by atoms with E-state index in [1.807, 2.05) is 6.92 Å². The van der Waals surface area contributed by atoms with Gasteiger partial charge < -0.3 is 102 Å². The molecule has 1 aliphatic heterocycles. The lowest BCUT2D eigenvalue weighted by Gasteiger charge is -2.28. The molecule has 0 unspecified atom stereocenters. The van der Waals surface area contributed by atoms with Gasteiger partial charge in [0, 0.05) is 13.0 Å². The quantitative estimate of drug-likeness (QED) is 0.0378. The second-order valence-electron chi connectivity index (χ2n) is 18.1. The van der Waals surface area contributed by atoms with E-state index in [4.69, 9.17) is 22.9 Å². The topological polar surface area (TPSA) is 505 Å². The Balaban J connectivity index is 3.62. The Morgan fingerprint density at radius 3 is 1.65 bits per heavy atom. The van der Waals surface area contributed by atoms with Gasteiger partial charge >= 0.3 is 0 Å². The SMILES string of the molecule is CCCCCCCC(=O)N[C@@H](CO)C(=O)N[C@H](C(=O)N[C@@H](CCN)C(=O)N[C@H]1CCNC(=O)[C@H]([C@@H](C)O)NC(=O)[C@H](CCN)NC(=O)[C@H](CCN)NC(=O)[C@H]([C@@H](C)O)NC(=O)CNC(=O)[C@H](CCN)NC1=O)[C@@H](C)O. The molecule has 12 atom stereocenters. The first kappa shape index (κ1) is 66.9. The van der Waals surface area contributed by atoms with Crippen LogP contribution >= 0.6 is 0 Å². The van der Waals surface area contributed by atoms with E-state index in [-0.39, 0.29) is 58.3 Å². The lowest BCUT2D eigenvalue weighted by atomic mass is 10.1. The van der Waals surface area contributed by atoms with Gasteiger partial charge in [-0.15, -0.1) is 0 Å². The molecule has 23 N–H and O–H groups in total. The summed E-state index contributed by atoms with van der Waals surface area (Å²) >= 11 is 0. The van der Waals surface area contributed by atoms with E-state index < -0.39 is 164 Å². The molecule has 0 saturated carbocycles. The zero-order valence-electron chi connectivity index (χ0n) is 43.2. The Hall–Kier alpha value is -6.15. The second-order valence-corrected chi connectivity index (χ2v) is 18.1. The van der Waals surface area contributed by atoms with Crippen LogP contribution < -0.4 is 81.4 Å². The predicted octanol–water partition coefficient (Wildman–Crippen LogP) is -9.12. The molecule has 1 rings (SSSR count). The molecule has 1 aliphatic rings. The fourth-order valence-electron chi connectivity index (χ4n) is 7.39. The molecule has 1 saturated heterocycles. The first-order valence-electron chi connectivity index (χ1n) is 25.2. The highest BCUT2D eigenvalue weighted by Crippen LogP contribution is 2.08. The number of unbranched alkanes of at least 4 members (excludes halogenated alkanes) is 4. The van der Waals surface area contributed by atoms with E-state index in [9.17, 15) is 73.2 Å². The number of nitrogens with two attached hydrogens (primary N) is 4. The van der Waals surface area contributed by atoms with E-state index in [1.54, 1.807) is 0 Å². The summed E-state index contributed by atoms with van der Waals surface area (Å²) in [6, 6.07) is -14.4. The third kappa shape index (κ3) is 24.4. The number of nitrogens with one attached hydrogen (secondary N) is 11. The Bertz CT molecular complexity index is 1900. The zero-order chi connectivity index (χ0) is 56.8. The molecule has 0 aromatic heterocycles. The summed E-state index contributed by atoms with van der Waals surface area (Å²) in [7, 11) is 0. The normalized spacial score (nSPS) is 23.3. The minimum Gasteiger partial charge on any atom is -0.394 e. The largest absolute Gasteiger partial charge is 0.394 e. The van der Waals surface area contributed by atoms with Gasteiger partial charge in [-0.25, -0.2) is 0 Å². The van der Waals surface area contributed by atoms with Gasteiger partial charge in [0.15, 0.2) is 0 Å². The van der Waals surface area contributed by atoms with E-state index in [2.05, 4.69) is 58.5 Å². The molecule has 30 heteroatoms. The van der Waals surface area contributed by atoms with Gasteiger partial charge in [0.05, 0.1) is 31.5 Å². The minimum absolute atomic E-state index is 0.0678. The van der Waals surface area contributed by atoms with Crippen LogP contribution in [0.2, 0.25) is 0 Å². The molecule has 0 aromatic carbocycles. The summed E-state index contributed by atoms with van der Waals surface area (Å²) in [6.45, 7) is 2.52. The van der Waals surface area contributed by atoms with E-state index in [0.29, 0.717) is 6.42 Å². The van der Waals surface area contributed by atoms with Crippen molar-refractivity contribution in [2.45, 2.75) is 171 Å². The number of rotatable bonds is 25. The van der Waals surface area contributed by atoms with Crippen molar-refractivity contribution in [1.29, 1.82) is 0 Å². The Morgan fingerprint density at radius 1 is 0.587 bits per heavy atom. The maximum Gasteiger partial charge on any atom is 0.245 e. The highest BCUT2D eigenvalue weighted by Gasteiger charge is 2.37. The number of carbonyl (C=O) groups excluding carboxylic acids is 11. The highest BCUT2D eigenvalue weighted by molar-refractivity contribution is 5.98. The van der Waals surface area contributed by atoms with Crippen LogP contribution in [-0.2, 0) is 52.7 Å². The van der Waals surface area contributed by atoms with Gasteiger partial charge in [-0.05, 0) is 85.5 Å². The van der Waals surface area contributed by atoms with Crippen molar-refractivity contribution in [3.05, 3.63) is 0 Å². The maximum absolute atomic E-state index is 14.1. The van der Waals surface area contributed by atoms with Gasteiger partial charge in [0.1, 0.15) is 54.4 Å². The fraction of sp³-hybridized carbons (Fsp3) is 0.756. The summed E-state index contributed by atoms with van der Waals surface area (Å²) in [5, 5.41) is 67.5. The van der Waals surface area contributed by atoms with Gasteiger partial charge in [0.2, 0.25) is 65.0 Å². The van der Waals surface area contributed by atoms with Gasteiger partial charge in [-0.2, -0.15) is 0 Å². The Kier molecular flexibility index (Phi) is 32.0. The van der Waals surface area contributed by atoms with Crippen molar-refractivity contribution < 1.29 is 73.2 Å². The lowest BCUT2D eigenvalue weighted by Crippen LogP contribution is -2.62. The summed E-state index contributed by atoms with van der Waals surface area (Å²) in [6.07, 6.45) is -1.95. The van der Waals surface area contributed by atoms with Crippen LogP contribution in [0, 0.1) is 0 Å². The second kappa shape index (κ2) is 35.9. The smallest absolute Gasteiger partial charge is 0.245 e. The average molecular weight is 1070 g/mol. The molecule has 0 spiro atoms. The molecule has 0 bridgehead atoms. The molecular weight excluding hydrogens is 991 g/mol. The molecule has 0 aromatic rings. The van der Waals surface area contributed by atoms with Crippen molar-refractivity contribution in [1.82, 2.24) is 58.5 Å². The average Bonchev–Trinajstić information content (AvgIpc) is 3.35. The van der Waals surface area contributed by atoms with Crippen LogP contribution in [0.25, 0.3) is 0 Å². The highest BCUT2D eigenvalue weighted by atomic mass is 16.3. The lowest BCUT2D eigenvalue weighted by molar-refractivity contribution is -0.137. The van der Waals surface area contributed by atoms with Crippen LogP contribution in [0.4, 0.5) is 0 Å². The van der Waals surface area contributed by atoms with Crippen molar-refractivity contribution in [2.24, 2.45) is 22.9 Å². The first-order valence-corrected chi connectivity index (χ1v) is 25.2. The van der Waals surface area contributed by atoms with Crippen molar-refractivity contribution in [3.63, 3.8) is 0 Å². The molecule has 11 amide bonds. The van der Waals surface area contributed by atoms with Crippen molar-refractivity contribution in [3.8, 4) is 0 Å². The number of hydrogen-bond acceptors (Lipinski definition) is 19. The third-order valence-corrected chi connectivity index (χ3v) is 11.7. The maximum atomic E-state index is 14.1. The summed E-state index contributed by atoms with van der Waals surface area (Å²) in [5.74, 6) is -10.9. The molecule has 30 nitrogen and oxygen atoms in total. The van der Waals surface area contributed by atoms with Crippen LogP contribution in [0.5, 0.6) is 0 Å². The van der Waals surface area contributed by atoms with Crippen LogP contribution in [0.1, 0.15) is 98.3 Å². The molecule has 428 valence electrons.